The van der Waals surface area contributed by atoms with Gasteiger partial charge in [0.15, 0.2) is 5.65 Å². The molecule has 1 unspecified atom stereocenters. The summed E-state index contributed by atoms with van der Waals surface area (Å²) < 4.78 is 1.52. The molecule has 2 aromatic rings. The molecule has 1 saturated heterocycles. The summed E-state index contributed by atoms with van der Waals surface area (Å²) in [5.41, 5.74) is 2.67. The molecule has 3 heterocycles. The normalized spacial score (nSPS) is 16.6. The number of likely N-dealkylation sites (tertiary alicyclic amines) is 1. The third-order valence-electron chi connectivity index (χ3n) is 6.05. The van der Waals surface area contributed by atoms with Crippen molar-refractivity contribution in [3.05, 3.63) is 54.3 Å². The van der Waals surface area contributed by atoms with Crippen molar-refractivity contribution in [3.63, 3.8) is 0 Å². The van der Waals surface area contributed by atoms with Gasteiger partial charge < -0.3 is 10.2 Å². The first-order valence-corrected chi connectivity index (χ1v) is 11.9. The van der Waals surface area contributed by atoms with E-state index in [0.717, 1.165) is 30.6 Å². The molecule has 0 radical (unpaired) electrons. The van der Waals surface area contributed by atoms with Crippen molar-refractivity contribution in [1.29, 1.82) is 0 Å². The van der Waals surface area contributed by atoms with Crippen LogP contribution in [-0.4, -0.2) is 75.1 Å². The fraction of sp³-hybridized carbons (Fsp3) is 0.440. The second-order valence-electron chi connectivity index (χ2n) is 8.07. The molecule has 1 aliphatic rings. The molecule has 3 rings (SSSR count). The Morgan fingerprint density at radius 2 is 2.03 bits per heavy atom. The number of rotatable bonds is 9. The summed E-state index contributed by atoms with van der Waals surface area (Å²) in [4.78, 5) is 34.4. The maximum Gasteiger partial charge on any atom is 0.321 e. The van der Waals surface area contributed by atoms with Gasteiger partial charge in [0.25, 0.3) is 11.9 Å². The van der Waals surface area contributed by atoms with Crippen LogP contribution in [0.4, 0.5) is 10.7 Å². The monoisotopic (exact) mass is 465 g/mol. The number of allylic oxidation sites excluding steroid dienone is 5. The Hall–Kier alpha value is -3.46. The van der Waals surface area contributed by atoms with Crippen LogP contribution in [0, 0.1) is 0 Å². The Balaban J connectivity index is 2.02. The Kier molecular flexibility index (Phi) is 8.59. The SMILES string of the molecule is C=C/C=C\C(=C/C)c1cc(C(=O)N2CCC(N(CC)CC)C2)n2nc(NC(=O)NCC)nc2c1. The summed E-state index contributed by atoms with van der Waals surface area (Å²) in [6, 6.07) is 3.66. The number of hydrogen-bond acceptors (Lipinski definition) is 5. The summed E-state index contributed by atoms with van der Waals surface area (Å²) in [6.45, 7) is 15.6. The number of aromatic nitrogens is 3. The van der Waals surface area contributed by atoms with Crippen LogP contribution in [0.2, 0.25) is 0 Å². The molecule has 2 aromatic heterocycles. The molecule has 2 N–H and O–H groups in total. The first kappa shape index (κ1) is 25.2. The zero-order valence-corrected chi connectivity index (χ0v) is 20.5. The van der Waals surface area contributed by atoms with Crippen molar-refractivity contribution in [2.24, 2.45) is 0 Å². The molecule has 0 aliphatic carbocycles. The lowest BCUT2D eigenvalue weighted by Crippen LogP contribution is -2.39. The van der Waals surface area contributed by atoms with E-state index in [0.29, 0.717) is 37.0 Å². The number of anilines is 1. The minimum absolute atomic E-state index is 0.0980. The molecule has 34 heavy (non-hydrogen) atoms. The minimum atomic E-state index is -0.392. The van der Waals surface area contributed by atoms with Crippen LogP contribution in [0.25, 0.3) is 11.2 Å². The molecule has 0 spiro atoms. The van der Waals surface area contributed by atoms with E-state index in [2.05, 4.69) is 46.0 Å². The third-order valence-corrected chi connectivity index (χ3v) is 6.05. The second-order valence-corrected chi connectivity index (χ2v) is 8.07. The number of hydrogen-bond donors (Lipinski definition) is 2. The molecular formula is C25H35N7O2. The molecule has 0 aromatic carbocycles. The Morgan fingerprint density at radius 3 is 2.68 bits per heavy atom. The van der Waals surface area contributed by atoms with Crippen LogP contribution in [0.1, 0.15) is 50.2 Å². The summed E-state index contributed by atoms with van der Waals surface area (Å²) >= 11 is 0. The number of nitrogens with zero attached hydrogens (tertiary/aromatic N) is 5. The van der Waals surface area contributed by atoms with Gasteiger partial charge in [-0.1, -0.05) is 44.7 Å². The van der Waals surface area contributed by atoms with Crippen molar-refractivity contribution < 1.29 is 9.59 Å². The highest BCUT2D eigenvalue weighted by atomic mass is 16.2. The van der Waals surface area contributed by atoms with Crippen molar-refractivity contribution >= 4 is 29.1 Å². The number of urea groups is 1. The molecule has 1 fully saturated rings. The lowest BCUT2D eigenvalue weighted by Gasteiger charge is -2.26. The Morgan fingerprint density at radius 1 is 1.26 bits per heavy atom. The average Bonchev–Trinajstić information content (AvgIpc) is 3.47. The standard InChI is InChI=1S/C25H35N7O2/c1-6-11-12-18(7-2)19-15-21(23(33)31-14-13-20(17-31)30(9-4)10-5)32-22(16-19)27-24(29-32)28-25(34)26-8-3/h6-7,11-12,15-16,20H,1,8-10,13-14,17H2,2-5H3,(H2,26,28,29,34)/b12-11-,18-7+. The van der Waals surface area contributed by atoms with Crippen LogP contribution < -0.4 is 10.6 Å². The van der Waals surface area contributed by atoms with Gasteiger partial charge in [0, 0.05) is 25.7 Å². The van der Waals surface area contributed by atoms with Gasteiger partial charge in [-0.25, -0.2) is 9.31 Å². The zero-order chi connectivity index (χ0) is 24.7. The van der Waals surface area contributed by atoms with E-state index >= 15 is 0 Å². The predicted molar refractivity (Wildman–Crippen MR) is 136 cm³/mol. The summed E-state index contributed by atoms with van der Waals surface area (Å²) in [5.74, 6) is 0.0439. The van der Waals surface area contributed by atoms with Crippen molar-refractivity contribution in [2.45, 2.75) is 40.2 Å². The highest BCUT2D eigenvalue weighted by Gasteiger charge is 2.31. The van der Waals surface area contributed by atoms with Gasteiger partial charge in [-0.2, -0.15) is 4.98 Å². The van der Waals surface area contributed by atoms with E-state index < -0.39 is 6.03 Å². The second kappa shape index (κ2) is 11.6. The maximum absolute atomic E-state index is 13.7. The van der Waals surface area contributed by atoms with Gasteiger partial charge in [-0.05, 0) is 56.6 Å². The molecule has 182 valence electrons. The highest BCUT2D eigenvalue weighted by molar-refractivity contribution is 5.95. The van der Waals surface area contributed by atoms with Crippen molar-refractivity contribution in [1.82, 2.24) is 29.7 Å². The largest absolute Gasteiger partial charge is 0.338 e. The Bertz CT molecular complexity index is 1100. The number of amides is 3. The number of carbonyl (C=O) groups excluding carboxylic acids is 2. The number of carbonyl (C=O) groups is 2. The van der Waals surface area contributed by atoms with E-state index in [9.17, 15) is 9.59 Å². The molecule has 9 heteroatoms. The van der Waals surface area contributed by atoms with E-state index in [4.69, 9.17) is 0 Å². The summed E-state index contributed by atoms with van der Waals surface area (Å²) in [5, 5.41) is 9.72. The summed E-state index contributed by atoms with van der Waals surface area (Å²) in [7, 11) is 0. The fourth-order valence-electron chi connectivity index (χ4n) is 4.32. The molecule has 3 amide bonds. The van der Waals surface area contributed by atoms with Gasteiger partial charge in [-0.15, -0.1) is 5.10 Å². The predicted octanol–water partition coefficient (Wildman–Crippen LogP) is 3.57. The quantitative estimate of drug-likeness (QED) is 0.552. The Labute approximate surface area is 201 Å². The summed E-state index contributed by atoms with van der Waals surface area (Å²) in [6.07, 6.45) is 8.40. The lowest BCUT2D eigenvalue weighted by molar-refractivity contribution is 0.0769. The van der Waals surface area contributed by atoms with E-state index in [1.54, 1.807) is 6.08 Å². The number of fused-ring (bicyclic) bond motifs is 1. The molecule has 1 atom stereocenters. The highest BCUT2D eigenvalue weighted by Crippen LogP contribution is 2.24. The third kappa shape index (κ3) is 5.53. The van der Waals surface area contributed by atoms with E-state index in [1.807, 2.05) is 49.1 Å². The van der Waals surface area contributed by atoms with Gasteiger partial charge >= 0.3 is 6.03 Å². The number of nitrogens with one attached hydrogen (secondary N) is 2. The van der Waals surface area contributed by atoms with Gasteiger partial charge in [-0.3, -0.25) is 15.0 Å². The topological polar surface area (TPSA) is 94.9 Å². The van der Waals surface area contributed by atoms with Crippen LogP contribution in [0.15, 0.2) is 43.0 Å². The van der Waals surface area contributed by atoms with Gasteiger partial charge in [0.05, 0.1) is 0 Å². The number of likely N-dealkylation sites (N-methyl/N-ethyl adjacent to an activating group) is 1. The first-order chi connectivity index (χ1) is 16.4. The van der Waals surface area contributed by atoms with Crippen molar-refractivity contribution in [2.75, 3.05) is 38.0 Å². The smallest absolute Gasteiger partial charge is 0.321 e. The van der Waals surface area contributed by atoms with E-state index in [-0.39, 0.29) is 11.9 Å². The van der Waals surface area contributed by atoms with Crippen molar-refractivity contribution in [3.8, 4) is 0 Å². The molecule has 0 saturated carbocycles. The van der Waals surface area contributed by atoms with Gasteiger partial charge in [0.2, 0.25) is 0 Å². The fourth-order valence-corrected chi connectivity index (χ4v) is 4.32. The molecular weight excluding hydrogens is 430 g/mol. The lowest BCUT2D eigenvalue weighted by atomic mass is 10.0. The van der Waals surface area contributed by atoms with Gasteiger partial charge in [0.1, 0.15) is 5.69 Å². The minimum Gasteiger partial charge on any atom is -0.338 e. The molecule has 1 aliphatic heterocycles. The molecule has 0 bridgehead atoms. The van der Waals surface area contributed by atoms with Crippen LogP contribution in [0.3, 0.4) is 0 Å². The van der Waals surface area contributed by atoms with Crippen LogP contribution in [0.5, 0.6) is 0 Å². The average molecular weight is 466 g/mol. The first-order valence-electron chi connectivity index (χ1n) is 11.9. The zero-order valence-electron chi connectivity index (χ0n) is 20.5. The van der Waals surface area contributed by atoms with E-state index in [1.165, 1.54) is 4.52 Å². The van der Waals surface area contributed by atoms with Crippen LogP contribution in [-0.2, 0) is 0 Å². The molecule has 9 nitrogen and oxygen atoms in total. The van der Waals surface area contributed by atoms with Crippen LogP contribution >= 0.6 is 0 Å². The maximum atomic E-state index is 13.7. The number of pyridine rings is 1.